The maximum Gasteiger partial charge on any atom is 0.425 e. The smallest absolute Gasteiger partial charge is 0.425 e. The minimum atomic E-state index is -5.04. The Morgan fingerprint density at radius 2 is 1.56 bits per heavy atom. The summed E-state index contributed by atoms with van der Waals surface area (Å²) in [4.78, 5) is 11.3. The molecule has 0 aliphatic carbocycles. The SMILES string of the molecule is CCC(C)(C)C(=O)OCC(C)(F)C(F)(F)F. The van der Waals surface area contributed by atoms with Crippen molar-refractivity contribution >= 4 is 5.97 Å². The number of alkyl halides is 4. The minimum Gasteiger partial charge on any atom is -0.462 e. The lowest BCUT2D eigenvalue weighted by atomic mass is 9.90. The van der Waals surface area contributed by atoms with E-state index < -0.39 is 29.8 Å². The molecule has 0 radical (unpaired) electrons. The van der Waals surface area contributed by atoms with Crippen molar-refractivity contribution in [2.75, 3.05) is 6.61 Å². The first-order chi connectivity index (χ1) is 6.94. The molecule has 0 heterocycles. The van der Waals surface area contributed by atoms with Gasteiger partial charge in [0, 0.05) is 0 Å². The number of hydrogen-bond donors (Lipinski definition) is 0. The maximum absolute atomic E-state index is 13.0. The molecular weight excluding hydrogens is 228 g/mol. The second-order valence-corrected chi connectivity index (χ2v) is 4.51. The average molecular weight is 244 g/mol. The van der Waals surface area contributed by atoms with E-state index in [0.717, 1.165) is 0 Å². The molecule has 0 spiro atoms. The van der Waals surface area contributed by atoms with Crippen LogP contribution in [0, 0.1) is 5.41 Å². The highest BCUT2D eigenvalue weighted by atomic mass is 19.4. The average Bonchev–Trinajstić information content (AvgIpc) is 2.12. The number of halogens is 4. The molecule has 2 nitrogen and oxygen atoms in total. The number of rotatable bonds is 4. The summed E-state index contributed by atoms with van der Waals surface area (Å²) in [6, 6.07) is 0. The summed E-state index contributed by atoms with van der Waals surface area (Å²) < 4.78 is 53.7. The van der Waals surface area contributed by atoms with Crippen molar-refractivity contribution in [3.63, 3.8) is 0 Å². The van der Waals surface area contributed by atoms with Crippen molar-refractivity contribution in [1.82, 2.24) is 0 Å². The zero-order valence-electron chi connectivity index (χ0n) is 9.74. The van der Waals surface area contributed by atoms with E-state index in [-0.39, 0.29) is 0 Å². The lowest BCUT2D eigenvalue weighted by Crippen LogP contribution is -2.43. The molecule has 0 aromatic carbocycles. The van der Waals surface area contributed by atoms with Crippen molar-refractivity contribution in [2.45, 2.75) is 46.0 Å². The third-order valence-electron chi connectivity index (χ3n) is 2.50. The van der Waals surface area contributed by atoms with E-state index in [0.29, 0.717) is 13.3 Å². The Balaban J connectivity index is 4.43. The zero-order chi connectivity index (χ0) is 13.2. The molecule has 0 aromatic heterocycles. The molecule has 6 heteroatoms. The van der Waals surface area contributed by atoms with Gasteiger partial charge in [0.15, 0.2) is 0 Å². The van der Waals surface area contributed by atoms with Crippen LogP contribution in [-0.4, -0.2) is 24.4 Å². The standard InChI is InChI=1S/C10H16F4O2/c1-5-8(2,3)7(15)16-6-9(4,11)10(12,13)14/h5-6H2,1-4H3. The molecule has 0 fully saturated rings. The van der Waals surface area contributed by atoms with E-state index in [1.54, 1.807) is 6.92 Å². The van der Waals surface area contributed by atoms with Crippen LogP contribution in [0.1, 0.15) is 34.1 Å². The summed E-state index contributed by atoms with van der Waals surface area (Å²) in [5.74, 6) is -0.830. The molecule has 0 aliphatic rings. The van der Waals surface area contributed by atoms with Gasteiger partial charge >= 0.3 is 12.1 Å². The van der Waals surface area contributed by atoms with Crippen LogP contribution in [0.2, 0.25) is 0 Å². The van der Waals surface area contributed by atoms with Crippen molar-refractivity contribution in [3.05, 3.63) is 0 Å². The van der Waals surface area contributed by atoms with Gasteiger partial charge in [0.2, 0.25) is 5.67 Å². The Morgan fingerprint density at radius 3 is 1.88 bits per heavy atom. The van der Waals surface area contributed by atoms with Gasteiger partial charge in [0.25, 0.3) is 0 Å². The molecule has 0 N–H and O–H groups in total. The van der Waals surface area contributed by atoms with Crippen LogP contribution in [-0.2, 0) is 9.53 Å². The lowest BCUT2D eigenvalue weighted by Gasteiger charge is -2.26. The van der Waals surface area contributed by atoms with Crippen LogP contribution in [0.25, 0.3) is 0 Å². The quantitative estimate of drug-likeness (QED) is 0.560. The van der Waals surface area contributed by atoms with E-state index in [4.69, 9.17) is 0 Å². The summed E-state index contributed by atoms with van der Waals surface area (Å²) in [7, 11) is 0. The van der Waals surface area contributed by atoms with Crippen LogP contribution >= 0.6 is 0 Å². The van der Waals surface area contributed by atoms with E-state index >= 15 is 0 Å². The molecule has 0 amide bonds. The number of ether oxygens (including phenoxy) is 1. The Morgan fingerprint density at radius 1 is 1.12 bits per heavy atom. The summed E-state index contributed by atoms with van der Waals surface area (Å²) >= 11 is 0. The third-order valence-corrected chi connectivity index (χ3v) is 2.50. The monoisotopic (exact) mass is 244 g/mol. The topological polar surface area (TPSA) is 26.3 Å². The molecule has 0 aromatic rings. The van der Waals surface area contributed by atoms with Gasteiger partial charge < -0.3 is 4.74 Å². The van der Waals surface area contributed by atoms with Gasteiger partial charge in [-0.2, -0.15) is 13.2 Å². The molecule has 96 valence electrons. The molecule has 0 saturated carbocycles. The predicted molar refractivity (Wildman–Crippen MR) is 50.6 cm³/mol. The van der Waals surface area contributed by atoms with Crippen molar-refractivity contribution in [3.8, 4) is 0 Å². The second kappa shape index (κ2) is 4.59. The summed E-state index contributed by atoms with van der Waals surface area (Å²) in [6.07, 6.45) is -4.63. The fraction of sp³-hybridized carbons (Fsp3) is 0.900. The van der Waals surface area contributed by atoms with Crippen LogP contribution in [0.4, 0.5) is 17.6 Å². The minimum absolute atomic E-state index is 0.346. The van der Waals surface area contributed by atoms with Gasteiger partial charge in [-0.05, 0) is 27.2 Å². The van der Waals surface area contributed by atoms with Gasteiger partial charge in [-0.15, -0.1) is 0 Å². The second-order valence-electron chi connectivity index (χ2n) is 4.51. The fourth-order valence-corrected chi connectivity index (χ4v) is 0.623. The molecule has 1 unspecified atom stereocenters. The van der Waals surface area contributed by atoms with Gasteiger partial charge in [-0.25, -0.2) is 4.39 Å². The van der Waals surface area contributed by atoms with Crippen LogP contribution in [0.15, 0.2) is 0 Å². The summed E-state index contributed by atoms with van der Waals surface area (Å²) in [5.41, 5.74) is -4.41. The van der Waals surface area contributed by atoms with Crippen LogP contribution in [0.5, 0.6) is 0 Å². The van der Waals surface area contributed by atoms with Crippen LogP contribution in [0.3, 0.4) is 0 Å². The van der Waals surface area contributed by atoms with Gasteiger partial charge in [-0.3, -0.25) is 4.79 Å². The molecular formula is C10H16F4O2. The first kappa shape index (κ1) is 15.2. The molecule has 1 atom stereocenters. The first-order valence-electron chi connectivity index (χ1n) is 4.87. The van der Waals surface area contributed by atoms with Crippen LogP contribution < -0.4 is 0 Å². The highest BCUT2D eigenvalue weighted by Crippen LogP contribution is 2.34. The van der Waals surface area contributed by atoms with Crippen molar-refractivity contribution in [1.29, 1.82) is 0 Å². The van der Waals surface area contributed by atoms with E-state index in [2.05, 4.69) is 4.74 Å². The summed E-state index contributed by atoms with van der Waals surface area (Å²) in [6.45, 7) is 3.79. The normalized spacial score (nSPS) is 16.8. The lowest BCUT2D eigenvalue weighted by molar-refractivity contribution is -0.238. The predicted octanol–water partition coefficient (Wildman–Crippen LogP) is 3.26. The Bertz CT molecular complexity index is 256. The van der Waals surface area contributed by atoms with E-state index in [9.17, 15) is 22.4 Å². The number of hydrogen-bond acceptors (Lipinski definition) is 2. The fourth-order valence-electron chi connectivity index (χ4n) is 0.623. The molecule has 0 rings (SSSR count). The van der Waals surface area contributed by atoms with Crippen molar-refractivity contribution < 1.29 is 27.1 Å². The maximum atomic E-state index is 13.0. The number of esters is 1. The highest BCUT2D eigenvalue weighted by molar-refractivity contribution is 5.75. The Kier molecular flexibility index (Phi) is 4.36. The Hall–Kier alpha value is -0.810. The number of carbonyl (C=O) groups is 1. The first-order valence-corrected chi connectivity index (χ1v) is 4.87. The van der Waals surface area contributed by atoms with Crippen molar-refractivity contribution in [2.24, 2.45) is 5.41 Å². The zero-order valence-corrected chi connectivity index (χ0v) is 9.74. The summed E-state index contributed by atoms with van der Waals surface area (Å²) in [5, 5.41) is 0. The van der Waals surface area contributed by atoms with E-state index in [1.165, 1.54) is 13.8 Å². The Labute approximate surface area is 92.0 Å². The molecule has 0 aliphatic heterocycles. The molecule has 0 saturated heterocycles. The largest absolute Gasteiger partial charge is 0.462 e. The highest BCUT2D eigenvalue weighted by Gasteiger charge is 2.53. The van der Waals surface area contributed by atoms with Gasteiger partial charge in [-0.1, -0.05) is 6.92 Å². The number of carbonyl (C=O) groups excluding carboxylic acids is 1. The molecule has 0 bridgehead atoms. The van der Waals surface area contributed by atoms with Gasteiger partial charge in [0.1, 0.15) is 6.61 Å². The van der Waals surface area contributed by atoms with E-state index in [1.807, 2.05) is 0 Å². The molecule has 16 heavy (non-hydrogen) atoms. The van der Waals surface area contributed by atoms with Gasteiger partial charge in [0.05, 0.1) is 5.41 Å². The third kappa shape index (κ3) is 3.64.